The Hall–Kier alpha value is -2.28. The third-order valence-corrected chi connectivity index (χ3v) is 6.14. The summed E-state index contributed by atoms with van der Waals surface area (Å²) in [5, 5.41) is -0.388. The van der Waals surface area contributed by atoms with E-state index >= 15 is 0 Å². The Morgan fingerprint density at radius 2 is 1.93 bits per heavy atom. The van der Waals surface area contributed by atoms with Gasteiger partial charge in [-0.1, -0.05) is 13.8 Å². The van der Waals surface area contributed by atoms with Crippen molar-refractivity contribution in [3.05, 3.63) is 33.7 Å². The Balaban J connectivity index is 1.83. The van der Waals surface area contributed by atoms with Gasteiger partial charge in [-0.05, 0) is 79.3 Å². The second-order valence-corrected chi connectivity index (χ2v) is 8.68. The molecule has 6 nitrogen and oxygen atoms in total. The predicted octanol–water partition coefficient (Wildman–Crippen LogP) is 4.18. The molecular weight excluding hydrogens is 388 g/mol. The molecule has 2 aliphatic rings. The molecule has 0 bridgehead atoms. The first-order valence-electron chi connectivity index (χ1n) is 10.1. The lowest BCUT2D eigenvalue weighted by Gasteiger charge is -2.18. The minimum Gasteiger partial charge on any atom is -0.494 e. The molecule has 0 aliphatic carbocycles. The molecule has 3 rings (SSSR count). The number of likely N-dealkylation sites (tertiary alicyclic amines) is 1. The van der Waals surface area contributed by atoms with Crippen molar-refractivity contribution in [3.8, 4) is 5.75 Å². The summed E-state index contributed by atoms with van der Waals surface area (Å²) in [6, 6.07) is 4.00. The van der Waals surface area contributed by atoms with Crippen molar-refractivity contribution >= 4 is 34.9 Å². The molecule has 0 unspecified atom stereocenters. The van der Waals surface area contributed by atoms with Crippen molar-refractivity contribution in [3.63, 3.8) is 0 Å². The van der Waals surface area contributed by atoms with E-state index in [1.54, 1.807) is 11.0 Å². The van der Waals surface area contributed by atoms with Crippen LogP contribution < -0.4 is 4.74 Å². The first-order valence-corrected chi connectivity index (χ1v) is 10.9. The molecule has 29 heavy (non-hydrogen) atoms. The summed E-state index contributed by atoms with van der Waals surface area (Å²) in [5.74, 6) is 0.552. The molecule has 2 saturated heterocycles. The monoisotopic (exact) mass is 416 g/mol. The zero-order valence-corrected chi connectivity index (χ0v) is 18.3. The normalized spacial score (nSPS) is 18.4. The Bertz CT molecular complexity index is 857. The van der Waals surface area contributed by atoms with Gasteiger partial charge in [-0.3, -0.25) is 19.3 Å². The van der Waals surface area contributed by atoms with E-state index in [4.69, 9.17) is 4.74 Å². The predicted molar refractivity (Wildman–Crippen MR) is 115 cm³/mol. The number of carbonyl (C=O) groups excluding carboxylic acids is 3. The van der Waals surface area contributed by atoms with E-state index in [0.29, 0.717) is 24.6 Å². The zero-order valence-electron chi connectivity index (χ0n) is 17.5. The summed E-state index contributed by atoms with van der Waals surface area (Å²) in [4.78, 5) is 40.7. The van der Waals surface area contributed by atoms with E-state index < -0.39 is 5.91 Å². The molecule has 2 heterocycles. The van der Waals surface area contributed by atoms with Crippen LogP contribution in [-0.2, 0) is 9.59 Å². The van der Waals surface area contributed by atoms with Crippen molar-refractivity contribution in [2.45, 2.75) is 46.5 Å². The Morgan fingerprint density at radius 3 is 2.55 bits per heavy atom. The number of hydrogen-bond donors (Lipinski definition) is 0. The van der Waals surface area contributed by atoms with Crippen LogP contribution in [0, 0.1) is 6.92 Å². The summed E-state index contributed by atoms with van der Waals surface area (Å²) in [5.41, 5.74) is 2.92. The number of aryl methyl sites for hydroxylation is 1. The largest absolute Gasteiger partial charge is 0.494 e. The van der Waals surface area contributed by atoms with Gasteiger partial charge in [0.2, 0.25) is 5.91 Å². The Labute approximate surface area is 176 Å². The van der Waals surface area contributed by atoms with Crippen LogP contribution in [0.4, 0.5) is 4.79 Å². The van der Waals surface area contributed by atoms with Crippen LogP contribution in [0.25, 0.3) is 6.08 Å². The van der Waals surface area contributed by atoms with E-state index in [1.807, 2.05) is 26.0 Å². The fraction of sp³-hybridized carbons (Fsp3) is 0.500. The highest BCUT2D eigenvalue weighted by Crippen LogP contribution is 2.35. The highest BCUT2D eigenvalue weighted by molar-refractivity contribution is 8.18. The fourth-order valence-corrected chi connectivity index (χ4v) is 4.41. The molecule has 3 amide bonds. The molecule has 0 aromatic heterocycles. The number of hydrogen-bond acceptors (Lipinski definition) is 5. The van der Waals surface area contributed by atoms with E-state index in [9.17, 15) is 14.4 Å². The van der Waals surface area contributed by atoms with Gasteiger partial charge in [0.25, 0.3) is 11.1 Å². The minimum atomic E-state index is -0.396. The van der Waals surface area contributed by atoms with Gasteiger partial charge in [0.15, 0.2) is 0 Å². The van der Waals surface area contributed by atoms with E-state index in [0.717, 1.165) is 51.9 Å². The van der Waals surface area contributed by atoms with Gasteiger partial charge in [0.1, 0.15) is 12.3 Å². The zero-order chi connectivity index (χ0) is 21.1. The molecule has 2 fully saturated rings. The van der Waals surface area contributed by atoms with Crippen molar-refractivity contribution in [1.29, 1.82) is 0 Å². The molecule has 156 valence electrons. The SMILES string of the molecule is CCOc1cc(C)c(/C=C2/SC(=O)N(CC(=O)N3CCCC3)C2=O)cc1C(C)C. The maximum atomic E-state index is 12.8. The molecule has 2 aliphatic heterocycles. The summed E-state index contributed by atoms with van der Waals surface area (Å²) < 4.78 is 5.75. The molecule has 0 radical (unpaired) electrons. The lowest BCUT2D eigenvalue weighted by Crippen LogP contribution is -2.40. The second kappa shape index (κ2) is 9.03. The standard InChI is InChI=1S/C22H28N2O4S/c1-5-28-18-10-15(4)16(11-17(18)14(2)3)12-19-21(26)24(22(27)29-19)13-20(25)23-8-6-7-9-23/h10-12,14H,5-9,13H2,1-4H3/b19-12+. The van der Waals surface area contributed by atoms with Gasteiger partial charge in [0.05, 0.1) is 11.5 Å². The topological polar surface area (TPSA) is 66.9 Å². The average molecular weight is 417 g/mol. The van der Waals surface area contributed by atoms with E-state index in [2.05, 4.69) is 13.8 Å². The first-order chi connectivity index (χ1) is 13.8. The van der Waals surface area contributed by atoms with Gasteiger partial charge >= 0.3 is 0 Å². The first kappa shape index (κ1) is 21.4. The average Bonchev–Trinajstić information content (AvgIpc) is 3.28. The number of thioether (sulfide) groups is 1. The summed E-state index contributed by atoms with van der Waals surface area (Å²) in [7, 11) is 0. The molecule has 0 N–H and O–H groups in total. The number of benzene rings is 1. The Kier molecular flexibility index (Phi) is 6.67. The van der Waals surface area contributed by atoms with Crippen molar-refractivity contribution < 1.29 is 19.1 Å². The molecule has 1 aromatic rings. The van der Waals surface area contributed by atoms with Gasteiger partial charge in [0, 0.05) is 13.1 Å². The number of imide groups is 1. The number of ether oxygens (including phenoxy) is 1. The van der Waals surface area contributed by atoms with Crippen molar-refractivity contribution in [2.24, 2.45) is 0 Å². The smallest absolute Gasteiger partial charge is 0.294 e. The van der Waals surface area contributed by atoms with Crippen molar-refractivity contribution in [2.75, 3.05) is 26.2 Å². The number of nitrogens with zero attached hydrogens (tertiary/aromatic N) is 2. The van der Waals surface area contributed by atoms with Gasteiger partial charge in [-0.25, -0.2) is 0 Å². The number of amides is 3. The van der Waals surface area contributed by atoms with Crippen LogP contribution in [0.1, 0.15) is 56.2 Å². The molecular formula is C22H28N2O4S. The second-order valence-electron chi connectivity index (χ2n) is 7.69. The highest BCUT2D eigenvalue weighted by Gasteiger charge is 2.37. The van der Waals surface area contributed by atoms with Crippen LogP contribution in [0.3, 0.4) is 0 Å². The molecule has 0 spiro atoms. The molecule has 7 heteroatoms. The van der Waals surface area contributed by atoms with Gasteiger partial charge < -0.3 is 9.64 Å². The van der Waals surface area contributed by atoms with Crippen LogP contribution in [0.2, 0.25) is 0 Å². The lowest BCUT2D eigenvalue weighted by molar-refractivity contribution is -0.135. The fourth-order valence-electron chi connectivity index (χ4n) is 3.58. The molecule has 0 saturated carbocycles. The quantitative estimate of drug-likeness (QED) is 0.651. The third-order valence-electron chi connectivity index (χ3n) is 5.23. The van der Waals surface area contributed by atoms with Crippen LogP contribution >= 0.6 is 11.8 Å². The molecule has 1 aromatic carbocycles. The van der Waals surface area contributed by atoms with Crippen LogP contribution in [0.15, 0.2) is 17.0 Å². The maximum Gasteiger partial charge on any atom is 0.294 e. The minimum absolute atomic E-state index is 0.162. The summed E-state index contributed by atoms with van der Waals surface area (Å²) >= 11 is 0.895. The number of carbonyl (C=O) groups is 3. The van der Waals surface area contributed by atoms with Crippen LogP contribution in [-0.4, -0.2) is 53.1 Å². The van der Waals surface area contributed by atoms with E-state index in [1.165, 1.54) is 0 Å². The maximum absolute atomic E-state index is 12.8. The summed E-state index contributed by atoms with van der Waals surface area (Å²) in [6.07, 6.45) is 3.70. The van der Waals surface area contributed by atoms with E-state index in [-0.39, 0.29) is 23.6 Å². The van der Waals surface area contributed by atoms with Gasteiger partial charge in [-0.15, -0.1) is 0 Å². The lowest BCUT2D eigenvalue weighted by atomic mass is 9.96. The Morgan fingerprint density at radius 1 is 1.24 bits per heavy atom. The number of rotatable bonds is 6. The highest BCUT2D eigenvalue weighted by atomic mass is 32.2. The van der Waals surface area contributed by atoms with Gasteiger partial charge in [-0.2, -0.15) is 0 Å². The molecule has 0 atom stereocenters. The van der Waals surface area contributed by atoms with Crippen molar-refractivity contribution in [1.82, 2.24) is 9.80 Å². The van der Waals surface area contributed by atoms with Crippen LogP contribution in [0.5, 0.6) is 5.75 Å². The summed E-state index contributed by atoms with van der Waals surface area (Å²) in [6.45, 7) is 9.91. The third kappa shape index (κ3) is 4.66.